The highest BCUT2D eigenvalue weighted by Crippen LogP contribution is 2.27. The smallest absolute Gasteiger partial charge is 0.280 e. The maximum absolute atomic E-state index is 12.2. The molecule has 1 rings (SSSR count). The van der Waals surface area contributed by atoms with E-state index in [2.05, 4.69) is 25.7 Å². The summed E-state index contributed by atoms with van der Waals surface area (Å²) in [4.78, 5) is 3.37. The molecule has 0 radical (unpaired) electrons. The molecule has 1 heterocycles. The summed E-state index contributed by atoms with van der Waals surface area (Å²) in [6.45, 7) is 0. The van der Waals surface area contributed by atoms with E-state index in [1.807, 2.05) is 0 Å². The van der Waals surface area contributed by atoms with Gasteiger partial charge < -0.3 is 4.74 Å². The first kappa shape index (κ1) is 5.85. The Hall–Kier alpha value is -0.710. The van der Waals surface area contributed by atoms with Crippen LogP contribution in [0.2, 0.25) is 0 Å². The van der Waals surface area contributed by atoms with E-state index in [0.717, 1.165) is 12.3 Å². The summed E-state index contributed by atoms with van der Waals surface area (Å²) < 4.78 is 49.5. The van der Waals surface area contributed by atoms with Crippen LogP contribution >= 0.6 is 15.9 Å². The van der Waals surface area contributed by atoms with Gasteiger partial charge in [-0.25, -0.2) is 8.78 Å². The molecule has 0 aliphatic heterocycles. The highest BCUT2D eigenvalue weighted by molar-refractivity contribution is 9.10. The second-order valence-corrected chi connectivity index (χ2v) is 2.80. The molecular weight excluding hydrogens is 232 g/mol. The molecule has 1 aromatic heterocycles. The van der Waals surface area contributed by atoms with Gasteiger partial charge in [0.15, 0.2) is 5.75 Å². The second kappa shape index (κ2) is 3.80. The lowest BCUT2D eigenvalue weighted by Crippen LogP contribution is -1.92. The maximum Gasteiger partial charge on any atom is 0.280 e. The zero-order valence-electron chi connectivity index (χ0n) is 8.72. The summed E-state index contributed by atoms with van der Waals surface area (Å²) in [7, 11) is -2.63. The van der Waals surface area contributed by atoms with Gasteiger partial charge >= 0.3 is 0 Å². The lowest BCUT2D eigenvalue weighted by Gasteiger charge is -2.03. The third kappa shape index (κ3) is 1.91. The predicted octanol–water partition coefficient (Wildman–Crippen LogP) is 2.79. The number of halogens is 3. The molecule has 0 aliphatic carbocycles. The minimum atomic E-state index is -2.71. The molecule has 0 unspecified atom stereocenters. The summed E-state index contributed by atoms with van der Waals surface area (Å²) in [6, 6.07) is 1.02. The van der Waals surface area contributed by atoms with Crippen molar-refractivity contribution in [3.63, 3.8) is 0 Å². The summed E-state index contributed by atoms with van der Waals surface area (Å²) in [5.41, 5.74) is -0.445. The molecule has 0 N–H and O–H groups in total. The zero-order chi connectivity index (χ0) is 11.6. The molecule has 0 spiro atoms. The molecule has 0 saturated carbocycles. The van der Waals surface area contributed by atoms with Crippen molar-refractivity contribution in [2.45, 2.75) is 6.43 Å². The van der Waals surface area contributed by atoms with Gasteiger partial charge in [-0.2, -0.15) is 0 Å². The first-order chi connectivity index (χ1) is 6.79. The maximum atomic E-state index is 12.2. The summed E-state index contributed by atoms with van der Waals surface area (Å²) in [6.07, 6.45) is -1.76. The number of aromatic nitrogens is 1. The Morgan fingerprint density at radius 2 is 2.50 bits per heavy atom. The first-order valence-electron chi connectivity index (χ1n) is 4.42. The Labute approximate surface area is 80.9 Å². The Morgan fingerprint density at radius 1 is 1.75 bits per heavy atom. The molecule has 0 aliphatic rings. The van der Waals surface area contributed by atoms with Crippen LogP contribution in [-0.2, 0) is 0 Å². The van der Waals surface area contributed by atoms with E-state index in [0.29, 0.717) is 0 Å². The van der Waals surface area contributed by atoms with Crippen LogP contribution in [0, 0.1) is 0 Å². The van der Waals surface area contributed by atoms with Gasteiger partial charge in [-0.1, -0.05) is 0 Å². The van der Waals surface area contributed by atoms with E-state index in [9.17, 15) is 8.78 Å². The van der Waals surface area contributed by atoms with Crippen molar-refractivity contribution in [2.24, 2.45) is 0 Å². The Balaban J connectivity index is 2.94. The van der Waals surface area contributed by atoms with Crippen LogP contribution in [0.3, 0.4) is 0 Å². The van der Waals surface area contributed by atoms with Gasteiger partial charge in [-0.15, -0.1) is 0 Å². The van der Waals surface area contributed by atoms with E-state index < -0.39 is 19.2 Å². The van der Waals surface area contributed by atoms with Crippen LogP contribution < -0.4 is 4.74 Å². The van der Waals surface area contributed by atoms with Crippen molar-refractivity contribution in [3.05, 3.63) is 22.4 Å². The van der Waals surface area contributed by atoms with Crippen molar-refractivity contribution in [2.75, 3.05) is 7.04 Å². The number of alkyl halides is 2. The number of methoxy groups -OCH3 is 1. The van der Waals surface area contributed by atoms with E-state index in [-0.39, 0.29) is 10.2 Å². The molecule has 0 saturated heterocycles. The Kier molecular flexibility index (Phi) is 1.85. The summed E-state index contributed by atoms with van der Waals surface area (Å²) in [5.74, 6) is -0.0978. The van der Waals surface area contributed by atoms with Crippen LogP contribution in [0.5, 0.6) is 5.75 Å². The topological polar surface area (TPSA) is 22.1 Å². The molecule has 5 heteroatoms. The minimum absolute atomic E-state index is 0.0978. The normalized spacial score (nSPS) is 15.2. The minimum Gasteiger partial charge on any atom is -0.494 e. The van der Waals surface area contributed by atoms with E-state index in [1.165, 1.54) is 0 Å². The Morgan fingerprint density at radius 3 is 3.00 bits per heavy atom. The van der Waals surface area contributed by atoms with Crippen LogP contribution in [0.1, 0.15) is 16.2 Å². The van der Waals surface area contributed by atoms with Crippen molar-refractivity contribution < 1.29 is 17.6 Å². The molecule has 66 valence electrons. The Bertz CT molecular complexity index is 359. The van der Waals surface area contributed by atoms with Gasteiger partial charge in [0.1, 0.15) is 5.69 Å². The predicted molar refractivity (Wildman–Crippen MR) is 43.4 cm³/mol. The molecule has 0 atom stereocenters. The molecule has 0 amide bonds. The van der Waals surface area contributed by atoms with E-state index in [4.69, 9.17) is 4.11 Å². The second-order valence-electron chi connectivity index (χ2n) is 1.94. The molecule has 0 bridgehead atoms. The number of nitrogens with zero attached hydrogens (tertiary/aromatic N) is 1. The fourth-order valence-corrected chi connectivity index (χ4v) is 1.05. The average molecular weight is 241 g/mol. The quantitative estimate of drug-likeness (QED) is 0.794. The van der Waals surface area contributed by atoms with E-state index >= 15 is 0 Å². The largest absolute Gasteiger partial charge is 0.494 e. The lowest BCUT2D eigenvalue weighted by atomic mass is 10.3. The molecular formula is C7H6BrF2NO. The van der Waals surface area contributed by atoms with Crippen molar-refractivity contribution in [1.29, 1.82) is 0 Å². The van der Waals surface area contributed by atoms with Gasteiger partial charge in [-0.05, 0) is 22.0 Å². The number of pyridine rings is 1. The number of hydrogen-bond donors (Lipinski definition) is 0. The highest BCUT2D eigenvalue weighted by atomic mass is 79.9. The molecule has 1 aromatic rings. The van der Waals surface area contributed by atoms with Crippen LogP contribution in [0.4, 0.5) is 8.78 Å². The first-order valence-corrected chi connectivity index (χ1v) is 3.71. The molecule has 0 aromatic carbocycles. The molecule has 2 nitrogen and oxygen atoms in total. The van der Waals surface area contributed by atoms with Crippen LogP contribution in [0.25, 0.3) is 0 Å². The standard InChI is InChI=1S/C7H6BrF2NO/c1-12-6-3-11-5(7(9)10)2-4(6)8/h2-3,7H,1H3/i1D3. The SMILES string of the molecule is [2H]C([2H])([2H])Oc1cnc(C(F)F)cc1Br. The van der Waals surface area contributed by atoms with Gasteiger partial charge in [0.2, 0.25) is 0 Å². The van der Waals surface area contributed by atoms with Crippen LogP contribution in [-0.4, -0.2) is 12.0 Å². The zero-order valence-corrected chi connectivity index (χ0v) is 7.31. The number of hydrogen-bond acceptors (Lipinski definition) is 2. The van der Waals surface area contributed by atoms with Gasteiger partial charge in [0.05, 0.1) is 21.8 Å². The lowest BCUT2D eigenvalue weighted by molar-refractivity contribution is 0.146. The van der Waals surface area contributed by atoms with Crippen molar-refractivity contribution >= 4 is 15.9 Å². The fourth-order valence-electron chi connectivity index (χ4n) is 0.628. The third-order valence-electron chi connectivity index (χ3n) is 1.17. The number of rotatable bonds is 2. The van der Waals surface area contributed by atoms with Gasteiger partial charge in [-0.3, -0.25) is 4.98 Å². The van der Waals surface area contributed by atoms with Crippen molar-refractivity contribution in [1.82, 2.24) is 4.98 Å². The monoisotopic (exact) mass is 240 g/mol. The van der Waals surface area contributed by atoms with Crippen molar-refractivity contribution in [3.8, 4) is 5.75 Å². The highest BCUT2D eigenvalue weighted by Gasteiger charge is 2.10. The fraction of sp³-hybridized carbons (Fsp3) is 0.286. The molecule has 0 fully saturated rings. The number of ether oxygens (including phenoxy) is 1. The summed E-state index contributed by atoms with van der Waals surface area (Å²) >= 11 is 2.92. The summed E-state index contributed by atoms with van der Waals surface area (Å²) in [5, 5.41) is 0. The third-order valence-corrected chi connectivity index (χ3v) is 1.79. The average Bonchev–Trinajstić information content (AvgIpc) is 2.05. The van der Waals surface area contributed by atoms with Gasteiger partial charge in [0.25, 0.3) is 6.43 Å². The van der Waals surface area contributed by atoms with Crippen LogP contribution in [0.15, 0.2) is 16.7 Å². The molecule has 12 heavy (non-hydrogen) atoms. The van der Waals surface area contributed by atoms with Gasteiger partial charge in [0, 0.05) is 0 Å². The van der Waals surface area contributed by atoms with E-state index in [1.54, 1.807) is 0 Å².